The Morgan fingerprint density at radius 2 is 1.83 bits per heavy atom. The molecule has 0 atom stereocenters. The van der Waals surface area contributed by atoms with Crippen molar-refractivity contribution in [1.82, 2.24) is 14.9 Å². The van der Waals surface area contributed by atoms with Gasteiger partial charge in [-0.2, -0.15) is 0 Å². The first-order valence-corrected chi connectivity index (χ1v) is 10.6. The van der Waals surface area contributed by atoms with Crippen molar-refractivity contribution in [3.63, 3.8) is 0 Å². The maximum absolute atomic E-state index is 12.7. The van der Waals surface area contributed by atoms with Gasteiger partial charge in [0.15, 0.2) is 17.3 Å². The van der Waals surface area contributed by atoms with Gasteiger partial charge in [-0.3, -0.25) is 4.72 Å². The molecule has 8 nitrogen and oxygen atoms in total. The Labute approximate surface area is 170 Å². The molecule has 29 heavy (non-hydrogen) atoms. The number of nitrogens with zero attached hydrogens (tertiary/aromatic N) is 3. The van der Waals surface area contributed by atoms with Crippen LogP contribution in [0.1, 0.15) is 6.42 Å². The van der Waals surface area contributed by atoms with Crippen LogP contribution in [0.5, 0.6) is 11.5 Å². The van der Waals surface area contributed by atoms with Crippen LogP contribution in [0.25, 0.3) is 10.9 Å². The van der Waals surface area contributed by atoms with Crippen LogP contribution in [-0.4, -0.2) is 57.6 Å². The van der Waals surface area contributed by atoms with Crippen LogP contribution in [0.3, 0.4) is 0 Å². The smallest absolute Gasteiger partial charge is 0.263 e. The van der Waals surface area contributed by atoms with Gasteiger partial charge in [0.25, 0.3) is 10.0 Å². The molecule has 0 aliphatic heterocycles. The number of ether oxygens (including phenoxy) is 2. The summed E-state index contributed by atoms with van der Waals surface area (Å²) in [7, 11) is 1.77. The standard InChI is InChI=1S/C20H24N4O4S/c1-24(2)10-7-11-28-19-13-17-16(12-18(19)27-3)20(22-14-21-17)23-29(25,26)15-8-5-4-6-9-15/h4-6,8-9,12-14H,7,10-11H2,1-3H3,(H,21,22,23). The lowest BCUT2D eigenvalue weighted by atomic mass is 10.2. The highest BCUT2D eigenvalue weighted by Gasteiger charge is 2.18. The highest BCUT2D eigenvalue weighted by molar-refractivity contribution is 7.92. The van der Waals surface area contributed by atoms with Gasteiger partial charge in [-0.05, 0) is 38.7 Å². The molecule has 3 rings (SSSR count). The van der Waals surface area contributed by atoms with Crippen molar-refractivity contribution in [2.24, 2.45) is 0 Å². The largest absolute Gasteiger partial charge is 0.493 e. The maximum atomic E-state index is 12.7. The van der Waals surface area contributed by atoms with Crippen LogP contribution in [-0.2, 0) is 10.0 Å². The van der Waals surface area contributed by atoms with Crippen LogP contribution >= 0.6 is 0 Å². The summed E-state index contributed by atoms with van der Waals surface area (Å²) < 4.78 is 39.1. The zero-order valence-electron chi connectivity index (χ0n) is 16.6. The first kappa shape index (κ1) is 20.8. The highest BCUT2D eigenvalue weighted by atomic mass is 32.2. The molecule has 0 radical (unpaired) electrons. The van der Waals surface area contributed by atoms with Gasteiger partial charge in [0.2, 0.25) is 0 Å². The molecule has 0 spiro atoms. The van der Waals surface area contributed by atoms with E-state index in [4.69, 9.17) is 9.47 Å². The summed E-state index contributed by atoms with van der Waals surface area (Å²) in [5.74, 6) is 1.21. The number of fused-ring (bicyclic) bond motifs is 1. The van der Waals surface area contributed by atoms with Crippen molar-refractivity contribution in [1.29, 1.82) is 0 Å². The molecule has 3 aromatic rings. The van der Waals surface area contributed by atoms with Crippen molar-refractivity contribution < 1.29 is 17.9 Å². The molecule has 1 heterocycles. The minimum absolute atomic E-state index is 0.152. The fourth-order valence-electron chi connectivity index (χ4n) is 2.77. The molecular weight excluding hydrogens is 392 g/mol. The second-order valence-corrected chi connectivity index (χ2v) is 8.35. The van der Waals surface area contributed by atoms with Gasteiger partial charge in [-0.1, -0.05) is 18.2 Å². The van der Waals surface area contributed by atoms with Crippen molar-refractivity contribution in [2.45, 2.75) is 11.3 Å². The van der Waals surface area contributed by atoms with Crippen LogP contribution in [0.2, 0.25) is 0 Å². The van der Waals surface area contributed by atoms with E-state index < -0.39 is 10.0 Å². The molecule has 0 fully saturated rings. The molecule has 1 N–H and O–H groups in total. The van der Waals surface area contributed by atoms with E-state index in [0.29, 0.717) is 29.0 Å². The van der Waals surface area contributed by atoms with E-state index in [9.17, 15) is 8.42 Å². The number of aromatic nitrogens is 2. The summed E-state index contributed by atoms with van der Waals surface area (Å²) in [6.45, 7) is 1.43. The molecule has 0 amide bonds. The monoisotopic (exact) mass is 416 g/mol. The third-order valence-electron chi connectivity index (χ3n) is 4.21. The van der Waals surface area contributed by atoms with Crippen LogP contribution in [0.4, 0.5) is 5.82 Å². The van der Waals surface area contributed by atoms with Gasteiger partial charge in [-0.15, -0.1) is 0 Å². The summed E-state index contributed by atoms with van der Waals surface area (Å²) in [4.78, 5) is 10.6. The van der Waals surface area contributed by atoms with E-state index >= 15 is 0 Å². The third kappa shape index (κ3) is 5.12. The molecule has 2 aromatic carbocycles. The zero-order chi connectivity index (χ0) is 20.9. The van der Waals surface area contributed by atoms with E-state index in [1.54, 1.807) is 30.3 Å². The first-order chi connectivity index (χ1) is 13.9. The molecule has 9 heteroatoms. The van der Waals surface area contributed by atoms with Gasteiger partial charge in [-0.25, -0.2) is 18.4 Å². The van der Waals surface area contributed by atoms with Gasteiger partial charge in [0.05, 0.1) is 24.1 Å². The SMILES string of the molecule is COc1cc2c(NS(=O)(=O)c3ccccc3)ncnc2cc1OCCCN(C)C. The highest BCUT2D eigenvalue weighted by Crippen LogP contribution is 2.34. The predicted molar refractivity (Wildman–Crippen MR) is 112 cm³/mol. The number of rotatable bonds is 9. The minimum Gasteiger partial charge on any atom is -0.493 e. The zero-order valence-corrected chi connectivity index (χ0v) is 17.4. The van der Waals surface area contributed by atoms with Crippen molar-refractivity contribution in [3.8, 4) is 11.5 Å². The Morgan fingerprint density at radius 1 is 1.07 bits per heavy atom. The quantitative estimate of drug-likeness (QED) is 0.536. The lowest BCUT2D eigenvalue weighted by Crippen LogP contribution is -2.15. The Kier molecular flexibility index (Phi) is 6.50. The molecule has 0 saturated heterocycles. The number of hydrogen-bond acceptors (Lipinski definition) is 7. The molecule has 0 unspecified atom stereocenters. The van der Waals surface area contributed by atoms with Crippen LogP contribution in [0.15, 0.2) is 53.7 Å². The number of hydrogen-bond donors (Lipinski definition) is 1. The minimum atomic E-state index is -3.78. The maximum Gasteiger partial charge on any atom is 0.263 e. The van der Waals surface area contributed by atoms with E-state index in [1.165, 1.54) is 25.6 Å². The van der Waals surface area contributed by atoms with Crippen molar-refractivity contribution in [2.75, 3.05) is 39.1 Å². The van der Waals surface area contributed by atoms with E-state index in [-0.39, 0.29) is 10.7 Å². The Bertz CT molecular complexity index is 1070. The molecule has 154 valence electrons. The van der Waals surface area contributed by atoms with E-state index in [1.807, 2.05) is 14.1 Å². The average Bonchev–Trinajstić information content (AvgIpc) is 2.71. The lowest BCUT2D eigenvalue weighted by molar-refractivity contribution is 0.268. The molecule has 0 aliphatic carbocycles. The summed E-state index contributed by atoms with van der Waals surface area (Å²) in [6, 6.07) is 11.5. The Balaban J connectivity index is 1.90. The average molecular weight is 417 g/mol. The second kappa shape index (κ2) is 9.06. The molecular formula is C20H24N4O4S. The van der Waals surface area contributed by atoms with Gasteiger partial charge < -0.3 is 14.4 Å². The summed E-state index contributed by atoms with van der Waals surface area (Å²) >= 11 is 0. The van der Waals surface area contributed by atoms with Crippen molar-refractivity contribution >= 4 is 26.7 Å². The number of sulfonamides is 1. The van der Waals surface area contributed by atoms with Crippen molar-refractivity contribution in [3.05, 3.63) is 48.8 Å². The molecule has 1 aromatic heterocycles. The Morgan fingerprint density at radius 3 is 2.52 bits per heavy atom. The number of benzene rings is 2. The van der Waals surface area contributed by atoms with Crippen LogP contribution in [0, 0.1) is 0 Å². The van der Waals surface area contributed by atoms with E-state index in [0.717, 1.165) is 13.0 Å². The first-order valence-electron chi connectivity index (χ1n) is 9.09. The van der Waals surface area contributed by atoms with Gasteiger partial charge in [0.1, 0.15) is 6.33 Å². The summed E-state index contributed by atoms with van der Waals surface area (Å²) in [6.07, 6.45) is 2.17. The fourth-order valence-corrected chi connectivity index (χ4v) is 3.82. The fraction of sp³-hybridized carbons (Fsp3) is 0.300. The molecule has 0 bridgehead atoms. The number of nitrogens with one attached hydrogen (secondary N) is 1. The van der Waals surface area contributed by atoms with Gasteiger partial charge in [0, 0.05) is 18.0 Å². The van der Waals surface area contributed by atoms with Crippen LogP contribution < -0.4 is 14.2 Å². The normalized spacial score (nSPS) is 11.6. The lowest BCUT2D eigenvalue weighted by Gasteiger charge is -2.15. The third-order valence-corrected chi connectivity index (χ3v) is 5.57. The van der Waals surface area contributed by atoms with Gasteiger partial charge >= 0.3 is 0 Å². The Hall–Kier alpha value is -2.91. The molecule has 0 aliphatic rings. The predicted octanol–water partition coefficient (Wildman–Crippen LogP) is 2.77. The summed E-state index contributed by atoms with van der Waals surface area (Å²) in [5, 5.41) is 0.518. The topological polar surface area (TPSA) is 93.6 Å². The number of methoxy groups -OCH3 is 1. The molecule has 0 saturated carbocycles. The second-order valence-electron chi connectivity index (χ2n) is 6.67. The summed E-state index contributed by atoms with van der Waals surface area (Å²) in [5.41, 5.74) is 0.550. The number of anilines is 1. The van der Waals surface area contributed by atoms with E-state index in [2.05, 4.69) is 19.6 Å².